The largest absolute Gasteiger partial charge is 0.487 e. The predicted octanol–water partition coefficient (Wildman–Crippen LogP) is 5.75. The lowest BCUT2D eigenvalue weighted by Crippen LogP contribution is -2.57. The smallest absolute Gasteiger partial charge is 0.303 e. The molecule has 4 atom stereocenters. The Morgan fingerprint density at radius 1 is 1.11 bits per heavy atom. The SMILES string of the molecule is C[C@]1(CCC(=O)O)Oc2ccccc2[C@H]2OC[C@@]3(CCCN(C(=O)CCC4CCCCC4)C3)C[C@@H]21. The monoisotopic (exact) mass is 483 g/mol. The lowest BCUT2D eigenvalue weighted by Gasteiger charge is -2.55. The van der Waals surface area contributed by atoms with Crippen molar-refractivity contribution in [3.63, 3.8) is 0 Å². The first-order valence-corrected chi connectivity index (χ1v) is 13.8. The van der Waals surface area contributed by atoms with Crippen LogP contribution in [0.15, 0.2) is 24.3 Å². The molecule has 0 unspecified atom stereocenters. The molecule has 6 nitrogen and oxygen atoms in total. The number of aliphatic carboxylic acids is 1. The van der Waals surface area contributed by atoms with Gasteiger partial charge in [0.1, 0.15) is 11.4 Å². The topological polar surface area (TPSA) is 76.1 Å². The van der Waals surface area contributed by atoms with E-state index in [2.05, 4.69) is 17.9 Å². The second-order valence-electron chi connectivity index (χ2n) is 11.9. The van der Waals surface area contributed by atoms with Crippen LogP contribution < -0.4 is 4.74 Å². The van der Waals surface area contributed by atoms with Gasteiger partial charge in [0.05, 0.1) is 12.7 Å². The highest BCUT2D eigenvalue weighted by atomic mass is 16.5. The fourth-order valence-corrected chi connectivity index (χ4v) is 7.25. The molecule has 0 aromatic heterocycles. The van der Waals surface area contributed by atoms with Crippen LogP contribution in [-0.4, -0.2) is 47.2 Å². The summed E-state index contributed by atoms with van der Waals surface area (Å²) in [7, 11) is 0. The van der Waals surface area contributed by atoms with Crippen molar-refractivity contribution in [2.45, 2.75) is 95.7 Å². The van der Waals surface area contributed by atoms with E-state index in [1.165, 1.54) is 32.1 Å². The Kier molecular flexibility index (Phi) is 7.11. The molecule has 1 saturated carbocycles. The highest BCUT2D eigenvalue weighted by Crippen LogP contribution is 2.56. The maximum absolute atomic E-state index is 13.2. The number of piperidine rings is 1. The average molecular weight is 484 g/mol. The predicted molar refractivity (Wildman–Crippen MR) is 133 cm³/mol. The van der Waals surface area contributed by atoms with Crippen LogP contribution >= 0.6 is 0 Å². The van der Waals surface area contributed by atoms with Crippen LogP contribution in [0.25, 0.3) is 0 Å². The Hall–Kier alpha value is -2.08. The van der Waals surface area contributed by atoms with E-state index in [0.29, 0.717) is 25.4 Å². The van der Waals surface area contributed by atoms with Gasteiger partial charge in [0.2, 0.25) is 5.91 Å². The Bertz CT molecular complexity index is 927. The van der Waals surface area contributed by atoms with E-state index in [1.54, 1.807) is 0 Å². The van der Waals surface area contributed by atoms with Crippen molar-refractivity contribution < 1.29 is 24.2 Å². The summed E-state index contributed by atoms with van der Waals surface area (Å²) in [5.41, 5.74) is 0.370. The first kappa shape index (κ1) is 24.6. The molecule has 3 aliphatic heterocycles. The molecular formula is C29H41NO5. The van der Waals surface area contributed by atoms with Gasteiger partial charge >= 0.3 is 5.97 Å². The van der Waals surface area contributed by atoms with Crippen LogP contribution in [-0.2, 0) is 14.3 Å². The number of rotatable bonds is 6. The number of carboxylic acid groups (broad SMARTS) is 1. The van der Waals surface area contributed by atoms with Gasteiger partial charge in [0, 0.05) is 42.8 Å². The minimum absolute atomic E-state index is 0.0581. The molecule has 6 heteroatoms. The van der Waals surface area contributed by atoms with Gasteiger partial charge in [-0.05, 0) is 51.0 Å². The van der Waals surface area contributed by atoms with Crippen molar-refractivity contribution in [2.75, 3.05) is 19.7 Å². The molecule has 35 heavy (non-hydrogen) atoms. The van der Waals surface area contributed by atoms with Gasteiger partial charge in [-0.1, -0.05) is 50.3 Å². The summed E-state index contributed by atoms with van der Waals surface area (Å²) >= 11 is 0. The standard InChI is InChI=1S/C29H41NO5/c1-28(16-14-26(32)33)23-18-29(20-34-27(23)22-10-5-6-11-24(22)35-28)15-7-17-30(19-29)25(31)13-12-21-8-3-2-4-9-21/h5-6,10-11,21,23,27H,2-4,7-9,12-20H2,1H3,(H,32,33)/t23-,27+,28+,29-/m0/s1. The Labute approximate surface area is 209 Å². The molecule has 1 aromatic carbocycles. The van der Waals surface area contributed by atoms with E-state index in [0.717, 1.165) is 56.0 Å². The molecule has 0 radical (unpaired) electrons. The molecule has 1 spiro atoms. The van der Waals surface area contributed by atoms with Gasteiger partial charge < -0.3 is 19.5 Å². The number of amides is 1. The van der Waals surface area contributed by atoms with E-state index in [1.807, 2.05) is 18.2 Å². The number of carbonyl (C=O) groups is 2. The number of benzene rings is 1. The molecule has 192 valence electrons. The summed E-state index contributed by atoms with van der Waals surface area (Å²) in [6.45, 7) is 4.29. The van der Waals surface area contributed by atoms with E-state index in [9.17, 15) is 14.7 Å². The summed E-state index contributed by atoms with van der Waals surface area (Å²) in [4.78, 5) is 26.8. The number of para-hydroxylation sites is 1. The third kappa shape index (κ3) is 5.23. The van der Waals surface area contributed by atoms with E-state index < -0.39 is 11.6 Å². The highest BCUT2D eigenvalue weighted by Gasteiger charge is 2.54. The maximum atomic E-state index is 13.2. The van der Waals surface area contributed by atoms with Crippen molar-refractivity contribution >= 4 is 11.9 Å². The van der Waals surface area contributed by atoms with Crippen LogP contribution in [0.4, 0.5) is 0 Å². The van der Waals surface area contributed by atoms with E-state index in [4.69, 9.17) is 9.47 Å². The number of ether oxygens (including phenoxy) is 2. The van der Waals surface area contributed by atoms with Crippen molar-refractivity contribution in [2.24, 2.45) is 17.3 Å². The van der Waals surface area contributed by atoms with Crippen molar-refractivity contribution in [1.29, 1.82) is 0 Å². The van der Waals surface area contributed by atoms with Crippen LogP contribution in [0.1, 0.15) is 95.6 Å². The fraction of sp³-hybridized carbons (Fsp3) is 0.724. The number of carbonyl (C=O) groups excluding carboxylic acids is 1. The fourth-order valence-electron chi connectivity index (χ4n) is 7.25. The summed E-state index contributed by atoms with van der Waals surface area (Å²) in [6, 6.07) is 8.01. The summed E-state index contributed by atoms with van der Waals surface area (Å²) < 4.78 is 13.2. The van der Waals surface area contributed by atoms with Crippen molar-refractivity contribution in [3.05, 3.63) is 29.8 Å². The van der Waals surface area contributed by atoms with Crippen LogP contribution in [0, 0.1) is 17.3 Å². The minimum Gasteiger partial charge on any atom is -0.487 e. The molecule has 3 heterocycles. The second kappa shape index (κ2) is 10.1. The number of hydrogen-bond acceptors (Lipinski definition) is 4. The maximum Gasteiger partial charge on any atom is 0.303 e. The third-order valence-corrected chi connectivity index (χ3v) is 9.28. The molecule has 1 amide bonds. The van der Waals surface area contributed by atoms with Gasteiger partial charge in [0.15, 0.2) is 0 Å². The lowest BCUT2D eigenvalue weighted by molar-refractivity contribution is -0.185. The van der Waals surface area contributed by atoms with Gasteiger partial charge in [-0.25, -0.2) is 0 Å². The van der Waals surface area contributed by atoms with Crippen LogP contribution in [0.5, 0.6) is 5.75 Å². The first-order valence-electron chi connectivity index (χ1n) is 13.8. The quantitative estimate of drug-likeness (QED) is 0.558. The van der Waals surface area contributed by atoms with Gasteiger partial charge in [-0.15, -0.1) is 0 Å². The molecular weight excluding hydrogens is 442 g/mol. The molecule has 4 aliphatic rings. The summed E-state index contributed by atoms with van der Waals surface area (Å²) in [5.74, 6) is 1.09. The molecule has 1 N–H and O–H groups in total. The summed E-state index contributed by atoms with van der Waals surface area (Å²) in [5, 5.41) is 9.40. The molecule has 0 bridgehead atoms. The number of fused-ring (bicyclic) bond motifs is 3. The van der Waals surface area contributed by atoms with Crippen molar-refractivity contribution in [3.8, 4) is 5.75 Å². The minimum atomic E-state index is -0.802. The first-order chi connectivity index (χ1) is 16.9. The van der Waals surface area contributed by atoms with Crippen molar-refractivity contribution in [1.82, 2.24) is 4.90 Å². The lowest BCUT2D eigenvalue weighted by atomic mass is 9.64. The number of hydrogen-bond donors (Lipinski definition) is 1. The van der Waals surface area contributed by atoms with Gasteiger partial charge in [0.25, 0.3) is 0 Å². The zero-order valence-corrected chi connectivity index (χ0v) is 21.2. The highest BCUT2D eigenvalue weighted by molar-refractivity contribution is 5.76. The normalized spacial score (nSPS) is 33.0. The number of carboxylic acids is 1. The molecule has 1 aromatic rings. The zero-order valence-electron chi connectivity index (χ0n) is 21.2. The van der Waals surface area contributed by atoms with Gasteiger partial charge in [-0.3, -0.25) is 9.59 Å². The van der Waals surface area contributed by atoms with Gasteiger partial charge in [-0.2, -0.15) is 0 Å². The second-order valence-corrected chi connectivity index (χ2v) is 11.9. The van der Waals surface area contributed by atoms with E-state index in [-0.39, 0.29) is 23.9 Å². The third-order valence-electron chi connectivity index (χ3n) is 9.28. The summed E-state index contributed by atoms with van der Waals surface area (Å²) in [6.07, 6.45) is 11.6. The number of nitrogens with zero attached hydrogens (tertiary/aromatic N) is 1. The molecule has 1 aliphatic carbocycles. The molecule has 2 saturated heterocycles. The Balaban J connectivity index is 1.30. The average Bonchev–Trinajstić information content (AvgIpc) is 2.87. The number of likely N-dealkylation sites (tertiary alicyclic amines) is 1. The van der Waals surface area contributed by atoms with E-state index >= 15 is 0 Å². The van der Waals surface area contributed by atoms with Crippen LogP contribution in [0.3, 0.4) is 0 Å². The van der Waals surface area contributed by atoms with Crippen LogP contribution in [0.2, 0.25) is 0 Å². The molecule has 3 fully saturated rings. The Morgan fingerprint density at radius 3 is 2.71 bits per heavy atom. The Morgan fingerprint density at radius 2 is 1.91 bits per heavy atom. The molecule has 5 rings (SSSR count). The zero-order chi connectivity index (χ0) is 24.5.